The zero-order chi connectivity index (χ0) is 17.6. The van der Waals surface area contributed by atoms with Crippen LogP contribution in [0.5, 0.6) is 0 Å². The first-order valence-corrected chi connectivity index (χ1v) is 8.87. The Morgan fingerprint density at radius 3 is 2.67 bits per heavy atom. The maximum Gasteiger partial charge on any atom is 0.353 e. The van der Waals surface area contributed by atoms with Crippen LogP contribution in [0.25, 0.3) is 16.7 Å². The lowest BCUT2D eigenvalue weighted by Gasteiger charge is -2.14. The number of fused-ring (bicyclic) bond motifs is 1. The van der Waals surface area contributed by atoms with Crippen molar-refractivity contribution in [3.05, 3.63) is 51.5 Å². The molecule has 0 aliphatic rings. The Labute approximate surface area is 140 Å². The van der Waals surface area contributed by atoms with Gasteiger partial charge in [-0.15, -0.1) is 0 Å². The molecular weight excluding hydrogens is 359 g/mol. The Kier molecular flexibility index (Phi) is 3.84. The van der Waals surface area contributed by atoms with Crippen molar-refractivity contribution in [3.8, 4) is 5.69 Å². The number of sulfone groups is 1. The van der Waals surface area contributed by atoms with Crippen LogP contribution in [-0.4, -0.2) is 34.2 Å². The SMILES string of the molecule is Cc1ccnc(S(C)(=O)=O)c1-n1c(=O)ncc2cc(F)c(Cl)nc21. The third kappa shape index (κ3) is 2.65. The van der Waals surface area contributed by atoms with E-state index in [-0.39, 0.29) is 21.7 Å². The molecule has 24 heavy (non-hydrogen) atoms. The molecule has 7 nitrogen and oxygen atoms in total. The van der Waals surface area contributed by atoms with Crippen LogP contribution in [0.4, 0.5) is 4.39 Å². The molecule has 0 aliphatic carbocycles. The highest BCUT2D eigenvalue weighted by molar-refractivity contribution is 7.90. The molecular formula is C14H10ClFN4O3S. The Hall–Kier alpha value is -2.39. The number of hydrogen-bond acceptors (Lipinski definition) is 6. The van der Waals surface area contributed by atoms with Gasteiger partial charge in [-0.05, 0) is 24.6 Å². The van der Waals surface area contributed by atoms with Gasteiger partial charge in [0, 0.05) is 24.0 Å². The fraction of sp³-hybridized carbons (Fsp3) is 0.143. The van der Waals surface area contributed by atoms with Gasteiger partial charge in [-0.1, -0.05) is 11.6 Å². The van der Waals surface area contributed by atoms with Crippen molar-refractivity contribution in [3.63, 3.8) is 0 Å². The molecule has 0 atom stereocenters. The molecule has 0 amide bonds. The van der Waals surface area contributed by atoms with Crippen LogP contribution < -0.4 is 5.69 Å². The van der Waals surface area contributed by atoms with Crippen molar-refractivity contribution < 1.29 is 12.8 Å². The molecule has 0 bridgehead atoms. The van der Waals surface area contributed by atoms with Crippen LogP contribution in [0.3, 0.4) is 0 Å². The van der Waals surface area contributed by atoms with Gasteiger partial charge in [0.1, 0.15) is 0 Å². The second-order valence-electron chi connectivity index (χ2n) is 5.10. The minimum Gasteiger partial charge on any atom is -0.245 e. The molecule has 0 unspecified atom stereocenters. The van der Waals surface area contributed by atoms with E-state index in [1.165, 1.54) is 6.20 Å². The molecule has 0 aliphatic heterocycles. The standard InChI is InChI=1S/C14H10ClFN4O3S/c1-7-3-4-17-13(24(2,22)23)10(7)20-12-8(6-18-14(20)21)5-9(16)11(15)19-12/h3-6H,1-2H3. The van der Waals surface area contributed by atoms with E-state index >= 15 is 0 Å². The van der Waals surface area contributed by atoms with E-state index in [0.29, 0.717) is 5.56 Å². The average molecular weight is 369 g/mol. The molecule has 0 saturated carbocycles. The van der Waals surface area contributed by atoms with E-state index in [2.05, 4.69) is 15.0 Å². The minimum atomic E-state index is -3.74. The summed E-state index contributed by atoms with van der Waals surface area (Å²) in [6.45, 7) is 1.61. The highest BCUT2D eigenvalue weighted by atomic mass is 35.5. The number of pyridine rings is 2. The fourth-order valence-corrected chi connectivity index (χ4v) is 3.28. The second-order valence-corrected chi connectivity index (χ2v) is 7.39. The normalized spacial score (nSPS) is 11.8. The Balaban J connectivity index is 2.55. The summed E-state index contributed by atoms with van der Waals surface area (Å²) in [5.41, 5.74) is -0.316. The Bertz CT molecular complexity index is 1140. The Morgan fingerprint density at radius 1 is 1.29 bits per heavy atom. The summed E-state index contributed by atoms with van der Waals surface area (Å²) in [6.07, 6.45) is 3.44. The van der Waals surface area contributed by atoms with Crippen molar-refractivity contribution in [2.24, 2.45) is 0 Å². The van der Waals surface area contributed by atoms with Crippen molar-refractivity contribution in [1.29, 1.82) is 0 Å². The first-order chi connectivity index (χ1) is 11.2. The van der Waals surface area contributed by atoms with Gasteiger partial charge in [-0.2, -0.15) is 0 Å². The van der Waals surface area contributed by atoms with Crippen molar-refractivity contribution in [1.82, 2.24) is 19.5 Å². The predicted molar refractivity (Wildman–Crippen MR) is 85.7 cm³/mol. The quantitative estimate of drug-likeness (QED) is 0.639. The van der Waals surface area contributed by atoms with Crippen molar-refractivity contribution in [2.45, 2.75) is 11.9 Å². The van der Waals surface area contributed by atoms with Gasteiger partial charge >= 0.3 is 5.69 Å². The number of rotatable bonds is 2. The van der Waals surface area contributed by atoms with E-state index in [0.717, 1.165) is 23.1 Å². The number of aromatic nitrogens is 4. The molecule has 3 rings (SSSR count). The lowest BCUT2D eigenvalue weighted by atomic mass is 10.2. The summed E-state index contributed by atoms with van der Waals surface area (Å²) in [4.78, 5) is 23.7. The summed E-state index contributed by atoms with van der Waals surface area (Å²) >= 11 is 5.71. The maximum absolute atomic E-state index is 13.6. The van der Waals surface area contributed by atoms with E-state index in [9.17, 15) is 17.6 Å². The van der Waals surface area contributed by atoms with E-state index in [4.69, 9.17) is 11.6 Å². The van der Waals surface area contributed by atoms with Gasteiger partial charge in [0.2, 0.25) is 0 Å². The maximum atomic E-state index is 13.6. The molecule has 0 aromatic carbocycles. The van der Waals surface area contributed by atoms with Crippen LogP contribution in [0.2, 0.25) is 5.15 Å². The molecule has 3 aromatic heterocycles. The van der Waals surface area contributed by atoms with Gasteiger partial charge in [0.15, 0.2) is 31.5 Å². The smallest absolute Gasteiger partial charge is 0.245 e. The monoisotopic (exact) mass is 368 g/mol. The lowest BCUT2D eigenvalue weighted by molar-refractivity contribution is 0.597. The summed E-state index contributed by atoms with van der Waals surface area (Å²) in [6, 6.07) is 2.61. The van der Waals surface area contributed by atoms with Gasteiger partial charge in [0.05, 0.1) is 5.69 Å². The third-order valence-corrected chi connectivity index (χ3v) is 4.59. The molecule has 0 N–H and O–H groups in total. The third-order valence-electron chi connectivity index (χ3n) is 3.33. The molecule has 124 valence electrons. The number of halogens is 2. The highest BCUT2D eigenvalue weighted by Crippen LogP contribution is 2.25. The molecule has 0 radical (unpaired) electrons. The van der Waals surface area contributed by atoms with E-state index in [1.54, 1.807) is 13.0 Å². The summed E-state index contributed by atoms with van der Waals surface area (Å²) < 4.78 is 38.7. The largest absolute Gasteiger partial charge is 0.353 e. The molecule has 0 spiro atoms. The number of hydrogen-bond donors (Lipinski definition) is 0. The number of nitrogens with zero attached hydrogens (tertiary/aromatic N) is 4. The summed E-state index contributed by atoms with van der Waals surface area (Å²) in [5, 5.41) is -0.551. The predicted octanol–water partition coefficient (Wildman–Crippen LogP) is 1.68. The van der Waals surface area contributed by atoms with Gasteiger partial charge in [-0.3, -0.25) is 0 Å². The average Bonchev–Trinajstić information content (AvgIpc) is 2.49. The molecule has 3 aromatic rings. The van der Waals surface area contributed by atoms with Crippen LogP contribution in [0.15, 0.2) is 34.3 Å². The van der Waals surface area contributed by atoms with E-state index < -0.39 is 26.5 Å². The first kappa shape index (κ1) is 16.5. The van der Waals surface area contributed by atoms with E-state index in [1.807, 2.05) is 0 Å². The molecule has 0 fully saturated rings. The van der Waals surface area contributed by atoms with Crippen LogP contribution in [0, 0.1) is 12.7 Å². The zero-order valence-corrected chi connectivity index (χ0v) is 14.1. The van der Waals surface area contributed by atoms with Crippen LogP contribution >= 0.6 is 11.6 Å². The van der Waals surface area contributed by atoms with Crippen molar-refractivity contribution in [2.75, 3.05) is 6.26 Å². The van der Waals surface area contributed by atoms with Gasteiger partial charge in [-0.25, -0.2) is 37.1 Å². The molecule has 10 heteroatoms. The zero-order valence-electron chi connectivity index (χ0n) is 12.5. The molecule has 0 saturated heterocycles. The first-order valence-electron chi connectivity index (χ1n) is 6.60. The topological polar surface area (TPSA) is 94.8 Å². The summed E-state index contributed by atoms with van der Waals surface area (Å²) in [7, 11) is -3.74. The Morgan fingerprint density at radius 2 is 2.00 bits per heavy atom. The number of aryl methyl sites for hydroxylation is 1. The fourth-order valence-electron chi connectivity index (χ4n) is 2.29. The molecule has 3 heterocycles. The lowest BCUT2D eigenvalue weighted by Crippen LogP contribution is -2.25. The second kappa shape index (κ2) is 5.60. The van der Waals surface area contributed by atoms with Crippen LogP contribution in [-0.2, 0) is 9.84 Å². The highest BCUT2D eigenvalue weighted by Gasteiger charge is 2.22. The minimum absolute atomic E-state index is 0.0117. The summed E-state index contributed by atoms with van der Waals surface area (Å²) in [5.74, 6) is -0.776. The van der Waals surface area contributed by atoms with Crippen molar-refractivity contribution >= 4 is 32.5 Å². The van der Waals surface area contributed by atoms with Gasteiger partial charge in [0.25, 0.3) is 0 Å². The van der Waals surface area contributed by atoms with Crippen LogP contribution in [0.1, 0.15) is 5.56 Å². The van der Waals surface area contributed by atoms with Gasteiger partial charge < -0.3 is 0 Å².